The van der Waals surface area contributed by atoms with Gasteiger partial charge in [0.2, 0.25) is 0 Å². The summed E-state index contributed by atoms with van der Waals surface area (Å²) in [5.74, 6) is 1.16. The van der Waals surface area contributed by atoms with E-state index in [4.69, 9.17) is 0 Å². The molecule has 3 atom stereocenters. The van der Waals surface area contributed by atoms with E-state index in [1.54, 1.807) is 6.92 Å². The second-order valence-corrected chi connectivity index (χ2v) is 15.6. The van der Waals surface area contributed by atoms with Crippen LogP contribution in [-0.4, -0.2) is 46.0 Å². The first kappa shape index (κ1) is 26.8. The Bertz CT molecular complexity index is 757. The third-order valence-electron chi connectivity index (χ3n) is 8.36. The highest BCUT2D eigenvalue weighted by molar-refractivity contribution is 7.98. The van der Waals surface area contributed by atoms with Crippen molar-refractivity contribution in [3.63, 3.8) is 0 Å². The second kappa shape index (κ2) is 9.84. The molecule has 180 valence electrons. The van der Waals surface area contributed by atoms with E-state index < -0.39 is 20.8 Å². The van der Waals surface area contributed by atoms with Gasteiger partial charge in [-0.2, -0.15) is 0 Å². The average Bonchev–Trinajstić information content (AvgIpc) is 2.98. The maximum Gasteiger partial charge on any atom is 0.184 e. The molecular formula is C24H42O5S2. The molecule has 2 bridgehead atoms. The van der Waals surface area contributed by atoms with Crippen molar-refractivity contribution >= 4 is 32.6 Å². The van der Waals surface area contributed by atoms with Crippen molar-refractivity contribution in [2.45, 2.75) is 109 Å². The van der Waals surface area contributed by atoms with Gasteiger partial charge in [-0.3, -0.25) is 9.59 Å². The molecule has 3 unspecified atom stereocenters. The van der Waals surface area contributed by atoms with Crippen LogP contribution in [0.25, 0.3) is 0 Å². The lowest BCUT2D eigenvalue weighted by atomic mass is 9.70. The summed E-state index contributed by atoms with van der Waals surface area (Å²) >= 11 is 0. The Hall–Kier alpha value is -0.400. The van der Waals surface area contributed by atoms with Crippen LogP contribution in [0, 0.1) is 22.7 Å². The quantitative estimate of drug-likeness (QED) is 0.418. The maximum absolute atomic E-state index is 12.2. The van der Waals surface area contributed by atoms with E-state index >= 15 is 0 Å². The molecule has 0 heterocycles. The summed E-state index contributed by atoms with van der Waals surface area (Å²) in [6.45, 7) is 14.6. The third kappa shape index (κ3) is 5.40. The zero-order valence-corrected chi connectivity index (χ0v) is 22.0. The van der Waals surface area contributed by atoms with Gasteiger partial charge in [0, 0.05) is 11.3 Å². The van der Waals surface area contributed by atoms with Crippen LogP contribution >= 0.6 is 0 Å². The van der Waals surface area contributed by atoms with Gasteiger partial charge >= 0.3 is 0 Å². The highest BCUT2D eigenvalue weighted by Crippen LogP contribution is 2.64. The summed E-state index contributed by atoms with van der Waals surface area (Å²) in [6.07, 6.45) is 7.57. The molecule has 0 radical (unpaired) electrons. The number of hydrogen-bond donors (Lipinski definition) is 0. The highest BCUT2D eigenvalue weighted by Gasteiger charge is 2.67. The summed E-state index contributed by atoms with van der Waals surface area (Å²) in [5.41, 5.74) is -0.994. The Morgan fingerprint density at radius 2 is 1.55 bits per heavy atom. The minimum absolute atomic E-state index is 0.291. The minimum Gasteiger partial charge on any atom is -0.747 e. The Morgan fingerprint density at radius 3 is 1.90 bits per heavy atom. The highest BCUT2D eigenvalue weighted by atomic mass is 32.2. The van der Waals surface area contributed by atoms with Crippen molar-refractivity contribution in [3.8, 4) is 0 Å². The molecule has 0 aliphatic heterocycles. The van der Waals surface area contributed by atoms with Gasteiger partial charge < -0.3 is 4.55 Å². The number of carbonyl (C=O) groups excluding carboxylic acids is 2. The molecule has 0 N–H and O–H groups in total. The van der Waals surface area contributed by atoms with Gasteiger partial charge in [-0.15, -0.1) is 0 Å². The van der Waals surface area contributed by atoms with Crippen molar-refractivity contribution in [2.24, 2.45) is 22.7 Å². The zero-order valence-electron chi connectivity index (χ0n) is 20.4. The number of fused-ring (bicyclic) bond motifs is 2. The fourth-order valence-electron chi connectivity index (χ4n) is 5.92. The Balaban J connectivity index is 0.000000220. The average molecular weight is 475 g/mol. The first-order chi connectivity index (χ1) is 14.1. The first-order valence-electron chi connectivity index (χ1n) is 11.8. The number of carbonyl (C=O) groups is 2. The van der Waals surface area contributed by atoms with Gasteiger partial charge in [0.15, 0.2) is 17.3 Å². The maximum atomic E-state index is 12.2. The van der Waals surface area contributed by atoms with Crippen LogP contribution in [0.5, 0.6) is 0 Å². The molecule has 0 aromatic rings. The largest absolute Gasteiger partial charge is 0.747 e. The normalized spacial score (nSPS) is 30.7. The van der Waals surface area contributed by atoms with Crippen LogP contribution in [0.2, 0.25) is 0 Å². The predicted molar refractivity (Wildman–Crippen MR) is 127 cm³/mol. The molecule has 31 heavy (non-hydrogen) atoms. The fraction of sp³-hybridized carbons (Fsp3) is 0.917. The van der Waals surface area contributed by atoms with Crippen LogP contribution in [0.4, 0.5) is 0 Å². The molecule has 3 saturated carbocycles. The summed E-state index contributed by atoms with van der Waals surface area (Å²) in [5, 5.41) is 0.0198. The van der Waals surface area contributed by atoms with Crippen molar-refractivity contribution in [1.82, 2.24) is 0 Å². The lowest BCUT2D eigenvalue weighted by Crippen LogP contribution is -2.38. The molecule has 0 saturated heterocycles. The minimum atomic E-state index is -4.49. The first-order valence-corrected chi connectivity index (χ1v) is 14.8. The number of Topliss-reactive ketones (excluding diaryl/α,β-unsaturated/α-hetero) is 2. The topological polar surface area (TPSA) is 91.3 Å². The summed E-state index contributed by atoms with van der Waals surface area (Å²) in [4.78, 5) is 24.2. The Kier molecular flexibility index (Phi) is 8.52. The standard InChI is InChI=1S/C14H27OS.C10H16O4S/c1-11(2)16(12(3)4)10-14(15)13-8-6-5-7-9-13;1-9(2)6-4-5-10(9,3)8(11)7(6)15(12,13)14/h11-13H,5-10H2,1-4H3;6-7H,4-5H2,1-3H3,(H,12,13,14)/q+1;/p-1. The van der Waals surface area contributed by atoms with E-state index in [1.165, 1.54) is 19.3 Å². The second-order valence-electron chi connectivity index (χ2n) is 11.0. The van der Waals surface area contributed by atoms with E-state index in [1.807, 2.05) is 13.8 Å². The van der Waals surface area contributed by atoms with Gasteiger partial charge in [0.25, 0.3) is 0 Å². The van der Waals surface area contributed by atoms with Crippen LogP contribution < -0.4 is 0 Å². The van der Waals surface area contributed by atoms with Gasteiger partial charge in [-0.05, 0) is 75.6 Å². The molecule has 3 aliphatic carbocycles. The van der Waals surface area contributed by atoms with Crippen molar-refractivity contribution in [3.05, 3.63) is 0 Å². The molecule has 0 amide bonds. The van der Waals surface area contributed by atoms with Gasteiger partial charge in [-0.1, -0.05) is 40.0 Å². The van der Waals surface area contributed by atoms with Crippen molar-refractivity contribution in [1.29, 1.82) is 0 Å². The molecule has 7 heteroatoms. The zero-order chi connectivity index (χ0) is 23.8. The smallest absolute Gasteiger partial charge is 0.184 e. The molecule has 5 nitrogen and oxygen atoms in total. The molecule has 3 aliphatic rings. The lowest BCUT2D eigenvalue weighted by molar-refractivity contribution is -0.128. The Labute approximate surface area is 192 Å². The molecular weight excluding hydrogens is 432 g/mol. The SMILES string of the molecule is CC(C)[S+](CC(=O)C1CCCCC1)C(C)C.CC12CCC(C(S(=O)(=O)[O-])C1=O)C2(C)C. The van der Waals surface area contributed by atoms with E-state index in [2.05, 4.69) is 27.7 Å². The van der Waals surface area contributed by atoms with Crippen molar-refractivity contribution < 1.29 is 22.6 Å². The van der Waals surface area contributed by atoms with Crippen LogP contribution in [0.3, 0.4) is 0 Å². The van der Waals surface area contributed by atoms with Gasteiger partial charge in [0.1, 0.15) is 25.9 Å². The predicted octanol–water partition coefficient (Wildman–Crippen LogP) is 4.50. The van der Waals surface area contributed by atoms with Crippen LogP contribution in [0.15, 0.2) is 0 Å². The van der Waals surface area contributed by atoms with Crippen molar-refractivity contribution in [2.75, 3.05) is 5.75 Å². The van der Waals surface area contributed by atoms with Crippen LogP contribution in [0.1, 0.15) is 93.4 Å². The lowest BCUT2D eigenvalue weighted by Gasteiger charge is -2.32. The van der Waals surface area contributed by atoms with Crippen LogP contribution in [-0.2, 0) is 30.6 Å². The molecule has 3 fully saturated rings. The summed E-state index contributed by atoms with van der Waals surface area (Å²) < 4.78 is 33.3. The molecule has 0 spiro atoms. The third-order valence-corrected chi connectivity index (χ3v) is 12.6. The van der Waals surface area contributed by atoms with Gasteiger partial charge in [0.05, 0.1) is 0 Å². The molecule has 0 aromatic heterocycles. The van der Waals surface area contributed by atoms with E-state index in [0.717, 1.165) is 18.6 Å². The number of ketones is 2. The monoisotopic (exact) mass is 474 g/mol. The Morgan fingerprint density at radius 1 is 1.03 bits per heavy atom. The fourth-order valence-corrected chi connectivity index (χ4v) is 9.64. The van der Waals surface area contributed by atoms with E-state index in [9.17, 15) is 22.6 Å². The summed E-state index contributed by atoms with van der Waals surface area (Å²) in [6, 6.07) is 0. The molecule has 3 rings (SSSR count). The molecule has 0 aromatic carbocycles. The number of hydrogen-bond acceptors (Lipinski definition) is 5. The number of rotatable bonds is 6. The van der Waals surface area contributed by atoms with E-state index in [0.29, 0.717) is 45.9 Å². The van der Waals surface area contributed by atoms with Gasteiger partial charge in [-0.25, -0.2) is 8.42 Å². The summed E-state index contributed by atoms with van der Waals surface area (Å²) in [7, 11) is -4.20. The van der Waals surface area contributed by atoms with E-state index in [-0.39, 0.29) is 17.1 Å².